The molecular weight excluding hydrogens is 398 g/mol. The van der Waals surface area contributed by atoms with Crippen LogP contribution in [0.1, 0.15) is 6.42 Å². The first-order valence-corrected chi connectivity index (χ1v) is 9.44. The van der Waals surface area contributed by atoms with Crippen molar-refractivity contribution >= 4 is 46.2 Å². The second kappa shape index (κ2) is 9.03. The number of nitrogens with zero attached hydrogens (tertiary/aromatic N) is 1. The molecule has 1 amide bonds. The molecule has 0 aromatic heterocycles. The van der Waals surface area contributed by atoms with Gasteiger partial charge in [0, 0.05) is 22.8 Å². The van der Waals surface area contributed by atoms with Gasteiger partial charge in [0.25, 0.3) is 5.91 Å². The molecule has 3 rings (SSSR count). The third-order valence-corrected chi connectivity index (χ3v) is 4.82. The summed E-state index contributed by atoms with van der Waals surface area (Å²) in [4.78, 5) is 16.6. The number of aliphatic imine (C=N–C) groups is 1. The van der Waals surface area contributed by atoms with Crippen LogP contribution in [-0.2, 0) is 14.3 Å². The van der Waals surface area contributed by atoms with Crippen molar-refractivity contribution in [3.8, 4) is 0 Å². The summed E-state index contributed by atoms with van der Waals surface area (Å²) in [6.45, 7) is 0.487. The van der Waals surface area contributed by atoms with Crippen molar-refractivity contribution in [1.82, 2.24) is 5.32 Å². The van der Waals surface area contributed by atoms with Gasteiger partial charge in [-0.2, -0.15) is 0 Å². The topological polar surface area (TPSA) is 72.0 Å². The Kier molecular flexibility index (Phi) is 6.49. The third kappa shape index (κ3) is 4.61. The summed E-state index contributed by atoms with van der Waals surface area (Å²) in [6, 6.07) is 7.27. The normalized spacial score (nSPS) is 18.1. The molecule has 1 unspecified atom stereocenters. The number of halogens is 1. The number of dihydropyridines is 1. The first-order chi connectivity index (χ1) is 13.5. The molecule has 2 N–H and O–H groups in total. The molecule has 0 radical (unpaired) electrons. The van der Waals surface area contributed by atoms with Gasteiger partial charge in [0.05, 0.1) is 20.1 Å². The number of hydrogen-bond acceptors (Lipinski definition) is 4. The Morgan fingerprint density at radius 2 is 2.11 bits per heavy atom. The van der Waals surface area contributed by atoms with E-state index >= 15 is 0 Å². The van der Waals surface area contributed by atoms with Gasteiger partial charge in [-0.25, -0.2) is 4.99 Å². The lowest BCUT2D eigenvalue weighted by atomic mass is 9.89. The van der Waals surface area contributed by atoms with E-state index in [1.54, 1.807) is 32.4 Å². The van der Waals surface area contributed by atoms with E-state index < -0.39 is 0 Å². The second-order valence-electron chi connectivity index (χ2n) is 6.12. The van der Waals surface area contributed by atoms with E-state index in [0.29, 0.717) is 40.1 Å². The van der Waals surface area contributed by atoms with E-state index in [1.807, 2.05) is 24.3 Å². The number of carbonyl (C=O) groups excluding carboxylic acids is 1. The van der Waals surface area contributed by atoms with E-state index in [2.05, 4.69) is 15.6 Å². The van der Waals surface area contributed by atoms with Crippen LogP contribution in [0.5, 0.6) is 0 Å². The number of allylic oxidation sites excluding steroid dienone is 4. The first kappa shape index (κ1) is 20.1. The fourth-order valence-corrected chi connectivity index (χ4v) is 3.39. The standard InChI is InChI=1S/C20H20ClN3O3S/c1-26-16-6-7-17(27-2)18-15(16)10-12(19(25)24-18)8-9-22-20(28)23-14-5-3-4-13(21)11-14/h3-7,10-11,15H,8-9H2,1-2H3,(H2,22,23,28). The molecule has 0 spiro atoms. The summed E-state index contributed by atoms with van der Waals surface area (Å²) in [5.74, 6) is 0.784. The summed E-state index contributed by atoms with van der Waals surface area (Å²) in [6.07, 6.45) is 5.93. The average Bonchev–Trinajstić information content (AvgIpc) is 2.67. The summed E-state index contributed by atoms with van der Waals surface area (Å²) in [5, 5.41) is 7.22. The highest BCUT2D eigenvalue weighted by atomic mass is 35.5. The van der Waals surface area contributed by atoms with Crippen LogP contribution < -0.4 is 10.6 Å². The maximum atomic E-state index is 12.4. The lowest BCUT2D eigenvalue weighted by Gasteiger charge is -2.26. The zero-order valence-electron chi connectivity index (χ0n) is 15.5. The molecule has 1 atom stereocenters. The van der Waals surface area contributed by atoms with Crippen LogP contribution in [0.3, 0.4) is 0 Å². The minimum absolute atomic E-state index is 0.228. The van der Waals surface area contributed by atoms with Crippen LogP contribution >= 0.6 is 23.8 Å². The predicted molar refractivity (Wildman–Crippen MR) is 114 cm³/mol. The Morgan fingerprint density at radius 1 is 1.29 bits per heavy atom. The number of carbonyl (C=O) groups is 1. The smallest absolute Gasteiger partial charge is 0.273 e. The Labute approximate surface area is 174 Å². The highest BCUT2D eigenvalue weighted by molar-refractivity contribution is 7.80. The van der Waals surface area contributed by atoms with Gasteiger partial charge in [0.2, 0.25) is 0 Å². The van der Waals surface area contributed by atoms with Crippen molar-refractivity contribution < 1.29 is 14.3 Å². The lowest BCUT2D eigenvalue weighted by molar-refractivity contribution is -0.114. The van der Waals surface area contributed by atoms with Crippen molar-refractivity contribution in [2.24, 2.45) is 10.9 Å². The summed E-state index contributed by atoms with van der Waals surface area (Å²) < 4.78 is 10.7. The average molecular weight is 418 g/mol. The molecule has 0 fully saturated rings. The number of nitrogens with one attached hydrogen (secondary N) is 2. The van der Waals surface area contributed by atoms with E-state index in [1.165, 1.54) is 0 Å². The summed E-state index contributed by atoms with van der Waals surface area (Å²) in [7, 11) is 3.15. The van der Waals surface area contributed by atoms with Crippen molar-refractivity contribution in [3.63, 3.8) is 0 Å². The molecule has 0 saturated carbocycles. The van der Waals surface area contributed by atoms with Crippen LogP contribution in [0, 0.1) is 5.92 Å². The molecular formula is C20H20ClN3O3S. The van der Waals surface area contributed by atoms with Gasteiger partial charge < -0.3 is 20.1 Å². The number of methoxy groups -OCH3 is 2. The fourth-order valence-electron chi connectivity index (χ4n) is 2.98. The minimum atomic E-state index is -0.276. The molecule has 6 nitrogen and oxygen atoms in total. The molecule has 1 aromatic rings. The monoisotopic (exact) mass is 417 g/mol. The van der Waals surface area contributed by atoms with Gasteiger partial charge >= 0.3 is 0 Å². The van der Waals surface area contributed by atoms with Gasteiger partial charge in [-0.1, -0.05) is 23.7 Å². The van der Waals surface area contributed by atoms with E-state index in [4.69, 9.17) is 33.3 Å². The Balaban J connectivity index is 1.60. The number of amides is 1. The van der Waals surface area contributed by atoms with Crippen LogP contribution in [0.25, 0.3) is 0 Å². The SMILES string of the molecule is COC1=CC=C(OC)C2C=C(CCNC(=S)Nc3cccc(Cl)c3)C(=O)N=C12. The van der Waals surface area contributed by atoms with Crippen molar-refractivity contribution in [2.75, 3.05) is 26.1 Å². The maximum absolute atomic E-state index is 12.4. The van der Waals surface area contributed by atoms with Crippen LogP contribution in [0.2, 0.25) is 5.02 Å². The Hall–Kier alpha value is -2.64. The van der Waals surface area contributed by atoms with Crippen molar-refractivity contribution in [1.29, 1.82) is 0 Å². The molecule has 28 heavy (non-hydrogen) atoms. The highest BCUT2D eigenvalue weighted by Crippen LogP contribution is 2.30. The third-order valence-electron chi connectivity index (χ3n) is 4.34. The van der Waals surface area contributed by atoms with Crippen LogP contribution in [-0.4, -0.2) is 37.5 Å². The van der Waals surface area contributed by atoms with Crippen LogP contribution in [0.15, 0.2) is 64.6 Å². The summed E-state index contributed by atoms with van der Waals surface area (Å²) >= 11 is 11.2. The molecule has 2 aliphatic rings. The van der Waals surface area contributed by atoms with Gasteiger partial charge in [-0.3, -0.25) is 4.79 Å². The lowest BCUT2D eigenvalue weighted by Crippen LogP contribution is -2.31. The van der Waals surface area contributed by atoms with E-state index in [9.17, 15) is 4.79 Å². The zero-order chi connectivity index (χ0) is 20.1. The molecule has 1 aliphatic carbocycles. The molecule has 8 heteroatoms. The van der Waals surface area contributed by atoms with Gasteiger partial charge in [0.15, 0.2) is 5.11 Å². The number of anilines is 1. The molecule has 0 saturated heterocycles. The highest BCUT2D eigenvalue weighted by Gasteiger charge is 2.32. The van der Waals surface area contributed by atoms with Gasteiger partial charge in [-0.15, -0.1) is 0 Å². The van der Waals surface area contributed by atoms with E-state index in [-0.39, 0.29) is 11.8 Å². The number of hydrogen-bond donors (Lipinski definition) is 2. The largest absolute Gasteiger partial charge is 0.500 e. The molecule has 0 bridgehead atoms. The maximum Gasteiger partial charge on any atom is 0.273 e. The predicted octanol–water partition coefficient (Wildman–Crippen LogP) is 3.61. The number of fused-ring (bicyclic) bond motifs is 1. The zero-order valence-corrected chi connectivity index (χ0v) is 17.1. The summed E-state index contributed by atoms with van der Waals surface area (Å²) in [5.41, 5.74) is 1.97. The first-order valence-electron chi connectivity index (χ1n) is 8.66. The van der Waals surface area contributed by atoms with Crippen molar-refractivity contribution in [2.45, 2.75) is 6.42 Å². The number of thiocarbonyl (C=S) groups is 1. The Morgan fingerprint density at radius 3 is 2.82 bits per heavy atom. The molecule has 1 aromatic carbocycles. The Bertz CT molecular complexity index is 921. The van der Waals surface area contributed by atoms with Crippen molar-refractivity contribution in [3.05, 3.63) is 64.6 Å². The number of benzene rings is 1. The van der Waals surface area contributed by atoms with Gasteiger partial charge in [0.1, 0.15) is 17.2 Å². The molecule has 1 heterocycles. The minimum Gasteiger partial charge on any atom is -0.500 e. The van der Waals surface area contributed by atoms with Crippen LogP contribution in [0.4, 0.5) is 5.69 Å². The second-order valence-corrected chi connectivity index (χ2v) is 6.97. The molecule has 1 aliphatic heterocycles. The molecule has 146 valence electrons. The fraction of sp³-hybridized carbons (Fsp3) is 0.250. The van der Waals surface area contributed by atoms with E-state index in [0.717, 1.165) is 11.4 Å². The quantitative estimate of drug-likeness (QED) is 0.689. The number of ether oxygens (including phenoxy) is 2. The number of rotatable bonds is 6. The van der Waals surface area contributed by atoms with Gasteiger partial charge in [-0.05, 0) is 49.0 Å².